The molecule has 1 aliphatic carbocycles. The molecule has 0 unspecified atom stereocenters. The van der Waals surface area contributed by atoms with Gasteiger partial charge in [0.15, 0.2) is 0 Å². The van der Waals surface area contributed by atoms with Crippen molar-refractivity contribution in [3.05, 3.63) is 28.8 Å². The summed E-state index contributed by atoms with van der Waals surface area (Å²) in [5.74, 6) is 0.894. The molecule has 2 rings (SSSR count). The van der Waals surface area contributed by atoms with Crippen molar-refractivity contribution in [3.8, 4) is 5.75 Å². The van der Waals surface area contributed by atoms with Crippen LogP contribution in [0, 0.1) is 5.92 Å². The third-order valence-electron chi connectivity index (χ3n) is 2.70. The number of phenolic OH excluding ortho intramolecular Hbond substituents is 1. The average Bonchev–Trinajstić information content (AvgIpc) is 2.93. The Morgan fingerprint density at radius 3 is 2.73 bits per heavy atom. The zero-order chi connectivity index (χ0) is 10.1. The van der Waals surface area contributed by atoms with E-state index in [-0.39, 0.29) is 24.2 Å². The van der Waals surface area contributed by atoms with E-state index in [1.165, 1.54) is 12.8 Å². The molecule has 0 amide bonds. The first-order valence-corrected chi connectivity index (χ1v) is 5.29. The summed E-state index contributed by atoms with van der Waals surface area (Å²) in [4.78, 5) is 0. The summed E-state index contributed by atoms with van der Waals surface area (Å²) in [7, 11) is 0. The van der Waals surface area contributed by atoms with E-state index in [0.29, 0.717) is 5.02 Å². The monoisotopic (exact) mass is 247 g/mol. The first kappa shape index (κ1) is 12.6. The summed E-state index contributed by atoms with van der Waals surface area (Å²) in [6.07, 6.45) is 3.50. The largest absolute Gasteiger partial charge is 0.506 e. The Bertz CT molecular complexity index is 339. The van der Waals surface area contributed by atoms with Crippen LogP contribution in [0.5, 0.6) is 5.75 Å². The van der Waals surface area contributed by atoms with Crippen molar-refractivity contribution in [3.63, 3.8) is 0 Å². The minimum absolute atomic E-state index is 0. The standard InChI is InChI=1S/C11H14ClNO.ClH/c12-9-3-1-2-8(11(9)14)10(13)6-7-4-5-7;/h1-3,7,10,14H,4-6,13H2;1H/t10-;/m1./s1. The van der Waals surface area contributed by atoms with Gasteiger partial charge in [-0.25, -0.2) is 0 Å². The molecule has 0 saturated heterocycles. The SMILES string of the molecule is Cl.N[C@H](CC1CC1)c1cccc(Cl)c1O. The molecular weight excluding hydrogens is 233 g/mol. The Kier molecular flexibility index (Phi) is 4.26. The van der Waals surface area contributed by atoms with E-state index in [9.17, 15) is 5.11 Å². The Labute approximate surface area is 101 Å². The second-order valence-electron chi connectivity index (χ2n) is 3.96. The van der Waals surface area contributed by atoms with Crippen molar-refractivity contribution in [2.24, 2.45) is 11.7 Å². The van der Waals surface area contributed by atoms with Gasteiger partial charge in [0.2, 0.25) is 0 Å². The van der Waals surface area contributed by atoms with Gasteiger partial charge in [-0.05, 0) is 18.4 Å². The van der Waals surface area contributed by atoms with Crippen LogP contribution in [-0.4, -0.2) is 5.11 Å². The van der Waals surface area contributed by atoms with Gasteiger partial charge in [-0.3, -0.25) is 0 Å². The van der Waals surface area contributed by atoms with E-state index in [4.69, 9.17) is 17.3 Å². The number of aromatic hydroxyl groups is 1. The van der Waals surface area contributed by atoms with Crippen molar-refractivity contribution in [1.29, 1.82) is 0 Å². The predicted molar refractivity (Wildman–Crippen MR) is 64.6 cm³/mol. The number of hydrogen-bond acceptors (Lipinski definition) is 2. The van der Waals surface area contributed by atoms with E-state index in [1.54, 1.807) is 6.07 Å². The number of halogens is 2. The minimum Gasteiger partial charge on any atom is -0.506 e. The Morgan fingerprint density at radius 1 is 1.47 bits per heavy atom. The normalized spacial score (nSPS) is 16.9. The molecule has 1 aromatic rings. The lowest BCUT2D eigenvalue weighted by molar-refractivity contribution is 0.456. The molecule has 3 N–H and O–H groups in total. The molecule has 0 bridgehead atoms. The third kappa shape index (κ3) is 3.00. The highest BCUT2D eigenvalue weighted by molar-refractivity contribution is 6.32. The molecule has 1 fully saturated rings. The molecule has 0 spiro atoms. The van der Waals surface area contributed by atoms with E-state index >= 15 is 0 Å². The molecule has 84 valence electrons. The number of benzene rings is 1. The molecule has 0 aliphatic heterocycles. The van der Waals surface area contributed by atoms with Gasteiger partial charge in [0, 0.05) is 11.6 Å². The van der Waals surface area contributed by atoms with Crippen LogP contribution in [0.25, 0.3) is 0 Å². The average molecular weight is 248 g/mol. The molecule has 1 saturated carbocycles. The predicted octanol–water partition coefficient (Wildman–Crippen LogP) is 3.27. The Balaban J connectivity index is 0.00000112. The highest BCUT2D eigenvalue weighted by atomic mass is 35.5. The lowest BCUT2D eigenvalue weighted by atomic mass is 10.0. The second-order valence-corrected chi connectivity index (χ2v) is 4.37. The maximum atomic E-state index is 9.69. The van der Waals surface area contributed by atoms with Gasteiger partial charge in [0.1, 0.15) is 5.75 Å². The highest BCUT2D eigenvalue weighted by Crippen LogP contribution is 2.39. The summed E-state index contributed by atoms with van der Waals surface area (Å²) in [6, 6.07) is 5.25. The summed E-state index contributed by atoms with van der Waals surface area (Å²) < 4.78 is 0. The van der Waals surface area contributed by atoms with Crippen LogP contribution in [0.2, 0.25) is 5.02 Å². The Morgan fingerprint density at radius 2 is 2.13 bits per heavy atom. The quantitative estimate of drug-likeness (QED) is 0.862. The summed E-state index contributed by atoms with van der Waals surface area (Å²) in [6.45, 7) is 0. The van der Waals surface area contributed by atoms with Crippen LogP contribution in [-0.2, 0) is 0 Å². The summed E-state index contributed by atoms with van der Waals surface area (Å²) in [5.41, 5.74) is 6.75. The fraction of sp³-hybridized carbons (Fsp3) is 0.455. The fourth-order valence-electron chi connectivity index (χ4n) is 1.67. The number of nitrogens with two attached hydrogens (primary N) is 1. The van der Waals surface area contributed by atoms with E-state index in [1.807, 2.05) is 12.1 Å². The van der Waals surface area contributed by atoms with E-state index in [2.05, 4.69) is 0 Å². The van der Waals surface area contributed by atoms with Crippen LogP contribution in [0.1, 0.15) is 30.9 Å². The van der Waals surface area contributed by atoms with Crippen molar-refractivity contribution in [2.45, 2.75) is 25.3 Å². The van der Waals surface area contributed by atoms with Gasteiger partial charge in [0.05, 0.1) is 5.02 Å². The lowest BCUT2D eigenvalue weighted by Crippen LogP contribution is -2.11. The van der Waals surface area contributed by atoms with Gasteiger partial charge in [-0.2, -0.15) is 0 Å². The van der Waals surface area contributed by atoms with Crippen LogP contribution >= 0.6 is 24.0 Å². The fourth-order valence-corrected chi connectivity index (χ4v) is 1.85. The molecule has 1 atom stereocenters. The zero-order valence-electron chi connectivity index (χ0n) is 8.32. The maximum Gasteiger partial charge on any atom is 0.138 e. The first-order chi connectivity index (χ1) is 6.68. The maximum absolute atomic E-state index is 9.69. The lowest BCUT2D eigenvalue weighted by Gasteiger charge is -2.13. The van der Waals surface area contributed by atoms with E-state index in [0.717, 1.165) is 17.9 Å². The molecule has 0 aromatic heterocycles. The van der Waals surface area contributed by atoms with Crippen LogP contribution < -0.4 is 5.73 Å². The van der Waals surface area contributed by atoms with Gasteiger partial charge in [-0.1, -0.05) is 36.6 Å². The number of rotatable bonds is 3. The zero-order valence-corrected chi connectivity index (χ0v) is 9.89. The number of phenols is 1. The van der Waals surface area contributed by atoms with Crippen molar-refractivity contribution in [1.82, 2.24) is 0 Å². The first-order valence-electron chi connectivity index (χ1n) is 4.91. The van der Waals surface area contributed by atoms with Crippen LogP contribution in [0.15, 0.2) is 18.2 Å². The van der Waals surface area contributed by atoms with E-state index < -0.39 is 0 Å². The van der Waals surface area contributed by atoms with Crippen LogP contribution in [0.3, 0.4) is 0 Å². The molecule has 0 radical (unpaired) electrons. The van der Waals surface area contributed by atoms with Crippen molar-refractivity contribution in [2.75, 3.05) is 0 Å². The summed E-state index contributed by atoms with van der Waals surface area (Å²) >= 11 is 5.80. The van der Waals surface area contributed by atoms with Gasteiger partial charge >= 0.3 is 0 Å². The molecule has 4 heteroatoms. The molecular formula is C11H15Cl2NO. The summed E-state index contributed by atoms with van der Waals surface area (Å²) in [5, 5.41) is 10.1. The third-order valence-corrected chi connectivity index (χ3v) is 3.01. The van der Waals surface area contributed by atoms with Crippen LogP contribution in [0.4, 0.5) is 0 Å². The molecule has 15 heavy (non-hydrogen) atoms. The van der Waals surface area contributed by atoms with Gasteiger partial charge < -0.3 is 10.8 Å². The molecule has 2 nitrogen and oxygen atoms in total. The number of hydrogen-bond donors (Lipinski definition) is 2. The highest BCUT2D eigenvalue weighted by Gasteiger charge is 2.25. The Hall–Kier alpha value is -0.440. The van der Waals surface area contributed by atoms with Crippen molar-refractivity contribution < 1.29 is 5.11 Å². The minimum atomic E-state index is -0.0822. The number of para-hydroxylation sites is 1. The molecule has 1 aromatic carbocycles. The van der Waals surface area contributed by atoms with Gasteiger partial charge in [0.25, 0.3) is 0 Å². The smallest absolute Gasteiger partial charge is 0.138 e. The topological polar surface area (TPSA) is 46.2 Å². The van der Waals surface area contributed by atoms with Crippen molar-refractivity contribution >= 4 is 24.0 Å². The second kappa shape index (κ2) is 5.06. The van der Waals surface area contributed by atoms with Gasteiger partial charge in [-0.15, -0.1) is 12.4 Å². The molecule has 0 heterocycles. The molecule has 1 aliphatic rings.